The molecule has 148 heavy (non-hydrogen) atoms. The van der Waals surface area contributed by atoms with Crippen LogP contribution in [0.15, 0.2) is 528 Å². The summed E-state index contributed by atoms with van der Waals surface area (Å²) in [5.74, 6) is 2.18. The Morgan fingerprint density at radius 1 is 0.142 bits per heavy atom. The minimum atomic E-state index is 0.715. The van der Waals surface area contributed by atoms with Crippen molar-refractivity contribution in [1.82, 2.24) is 34.5 Å². The molecule has 0 unspecified atom stereocenters. The van der Waals surface area contributed by atoms with E-state index < -0.39 is 0 Å². The highest BCUT2D eigenvalue weighted by Crippen LogP contribution is 2.48. The molecule has 0 bridgehead atoms. The fourth-order valence-electron chi connectivity index (χ4n) is 20.8. The average Bonchev–Trinajstić information content (AvgIpc) is 1.62. The van der Waals surface area contributed by atoms with Crippen molar-refractivity contribution >= 4 is 149 Å². The first-order valence-corrected chi connectivity index (χ1v) is 52.3. The third kappa shape index (κ3) is 16.9. The topological polar surface area (TPSA) is 82.3 Å². The zero-order valence-corrected chi connectivity index (χ0v) is 82.5. The van der Waals surface area contributed by atoms with E-state index >= 15 is 0 Å². The summed E-state index contributed by atoms with van der Waals surface area (Å²) in [7, 11) is 0. The van der Waals surface area contributed by atoms with E-state index in [-0.39, 0.29) is 0 Å². The first-order valence-electron chi connectivity index (χ1n) is 49.9. The van der Waals surface area contributed by atoms with Crippen molar-refractivity contribution in [3.05, 3.63) is 528 Å². The molecule has 0 aliphatic rings. The van der Waals surface area contributed by atoms with Gasteiger partial charge in [0.15, 0.2) is 17.5 Å². The van der Waals surface area contributed by atoms with Crippen LogP contribution < -0.4 is 0 Å². The van der Waals surface area contributed by atoms with E-state index in [2.05, 4.69) is 526 Å². The van der Waals surface area contributed by atoms with Crippen LogP contribution in [-0.4, -0.2) is 34.5 Å². The van der Waals surface area contributed by atoms with Gasteiger partial charge in [-0.15, -0.1) is 34.0 Å². The third-order valence-electron chi connectivity index (χ3n) is 28.4. The molecule has 0 radical (unpaired) electrons. The molecule has 22 aromatic carbocycles. The fourth-order valence-corrected chi connectivity index (χ4v) is 24.4. The molecule has 0 amide bonds. The molecule has 0 N–H and O–H groups in total. The molecule has 0 saturated carbocycles. The highest BCUT2D eigenvalue weighted by molar-refractivity contribution is 7.27. The molecule has 29 rings (SSSR count). The SMILES string of the molecule is c1ccc(-c2ccc(-c3nc(-c4ccc(-c5ccc6ccccc6c5)cc4)c4sc5cc(-c6ccccc6)ccc5c4n3)cc2)cc1.c1ccc(-c2ccc3c(c2)sc2c(-c4ccc(-c5ccc6ccccc6c5)cc4)nc(-c4cccc(-c5ccc6ccccc6c5)c4)nc23)cc1.c1ccc(-c2cccc(-c3nc(-c4cccc(-n5c6ccccc6c6ccccc65)c4)nc4c3sc3cc(-c5ccccc5)ccc34)c2)cc1. The lowest BCUT2D eigenvalue weighted by Gasteiger charge is -2.11. The van der Waals surface area contributed by atoms with Gasteiger partial charge in [0.2, 0.25) is 0 Å². The van der Waals surface area contributed by atoms with Crippen LogP contribution in [0.25, 0.3) is 278 Å². The Morgan fingerprint density at radius 2 is 0.385 bits per heavy atom. The molecule has 7 heterocycles. The van der Waals surface area contributed by atoms with Crippen LogP contribution in [0.2, 0.25) is 0 Å². The lowest BCUT2D eigenvalue weighted by Crippen LogP contribution is -1.97. The average molecular weight is 1940 g/mol. The van der Waals surface area contributed by atoms with Crippen molar-refractivity contribution in [2.75, 3.05) is 0 Å². The van der Waals surface area contributed by atoms with Gasteiger partial charge >= 0.3 is 0 Å². The smallest absolute Gasteiger partial charge is 0.160 e. The largest absolute Gasteiger partial charge is 0.309 e. The Balaban J connectivity index is 0.000000110. The zero-order chi connectivity index (χ0) is 97.9. The third-order valence-corrected chi connectivity index (χ3v) is 31.8. The van der Waals surface area contributed by atoms with Gasteiger partial charge in [0.25, 0.3) is 0 Å². The highest BCUT2D eigenvalue weighted by Gasteiger charge is 2.25. The van der Waals surface area contributed by atoms with E-state index in [0.29, 0.717) is 5.82 Å². The van der Waals surface area contributed by atoms with Gasteiger partial charge in [-0.2, -0.15) is 0 Å². The monoisotopic (exact) mass is 1940 g/mol. The molecule has 7 aromatic heterocycles. The molecule has 692 valence electrons. The van der Waals surface area contributed by atoms with Crippen molar-refractivity contribution in [2.24, 2.45) is 0 Å². The summed E-state index contributed by atoms with van der Waals surface area (Å²) >= 11 is 5.32. The molecule has 0 aliphatic heterocycles. The minimum Gasteiger partial charge on any atom is -0.309 e. The maximum atomic E-state index is 5.39. The number of rotatable bonds is 15. The second-order valence-corrected chi connectivity index (χ2v) is 40.6. The predicted octanol–water partition coefficient (Wildman–Crippen LogP) is 38.4. The lowest BCUT2D eigenvalue weighted by atomic mass is 9.99. The molecule has 29 aromatic rings. The maximum Gasteiger partial charge on any atom is 0.160 e. The quantitative estimate of drug-likeness (QED) is 0.102. The van der Waals surface area contributed by atoms with Crippen LogP contribution in [-0.2, 0) is 0 Å². The summed E-state index contributed by atoms with van der Waals surface area (Å²) in [5, 5.41) is 13.4. The van der Waals surface area contributed by atoms with Gasteiger partial charge in [0, 0.05) is 80.1 Å². The maximum absolute atomic E-state index is 5.39. The van der Waals surface area contributed by atoms with Crippen LogP contribution in [0.3, 0.4) is 0 Å². The van der Waals surface area contributed by atoms with Crippen LogP contribution in [0.4, 0.5) is 0 Å². The molecule has 0 saturated heterocycles. The Kier molecular flexibility index (Phi) is 22.8. The van der Waals surface area contributed by atoms with Crippen LogP contribution >= 0.6 is 34.0 Å². The number of thiophene rings is 3. The standard InChI is InChI=1S/C48H30N2S.C46H29N3S.C44H28N2S/c1-2-9-31(10-3-1)41-25-26-43-44(30-41)51-47-45(35-21-17-34(18-22-35)39-23-19-32-11-4-6-13-36(32)27-39)49-48(50-46(43)47)42-16-8-15-38(29-42)40-24-20-33-12-5-7-14-37(33)28-40;1-3-13-30(14-4-1)32-17-11-18-34(27-32)43-45-44(39-26-25-33(29-42(39)50-45)31-15-5-2-6-16-31)48-46(47-43)35-19-12-20-36(28-35)49-40-23-9-7-21-37(40)38-22-8-10-24-41(38)49;1-3-9-29(10-4-1)32-17-22-35(23-18-32)44-45-41(34-20-15-33(16-21-34)37-24-19-31-13-7-8-14-36(31)27-37)43-42(46-44)39-26-25-38(28-40(39)47-43)30-11-5-2-6-12-30/h1-30H;1-29H;1-28H. The van der Waals surface area contributed by atoms with Crippen molar-refractivity contribution in [1.29, 1.82) is 0 Å². The van der Waals surface area contributed by atoms with Gasteiger partial charge in [0.05, 0.1) is 58.8 Å². The first kappa shape index (κ1) is 88.3. The van der Waals surface area contributed by atoms with E-state index in [9.17, 15) is 0 Å². The molecular weight excluding hydrogens is 1850 g/mol. The van der Waals surface area contributed by atoms with Gasteiger partial charge in [-0.25, -0.2) is 29.9 Å². The number of hydrogen-bond donors (Lipinski definition) is 0. The number of nitrogens with zero attached hydrogens (tertiary/aromatic N) is 7. The first-order chi connectivity index (χ1) is 73.3. The number of fused-ring (bicyclic) bond motifs is 15. The molecule has 0 spiro atoms. The Bertz CT molecular complexity index is 10100. The molecule has 10 heteroatoms. The predicted molar refractivity (Wildman–Crippen MR) is 628 cm³/mol. The van der Waals surface area contributed by atoms with Crippen LogP contribution in [0.5, 0.6) is 0 Å². The van der Waals surface area contributed by atoms with Gasteiger partial charge in [-0.05, 0) is 194 Å². The van der Waals surface area contributed by atoms with Crippen molar-refractivity contribution < 1.29 is 0 Å². The number of hydrogen-bond acceptors (Lipinski definition) is 9. The van der Waals surface area contributed by atoms with Crippen LogP contribution in [0, 0.1) is 0 Å². The lowest BCUT2D eigenvalue weighted by molar-refractivity contribution is 1.17. The Morgan fingerprint density at radius 3 is 0.784 bits per heavy atom. The molecule has 0 atom stereocenters. The molecular formula is C138H87N7S3. The zero-order valence-electron chi connectivity index (χ0n) is 80.1. The number of aromatic nitrogens is 7. The molecule has 0 aliphatic carbocycles. The van der Waals surface area contributed by atoms with E-state index in [0.717, 1.165) is 126 Å². The summed E-state index contributed by atoms with van der Waals surface area (Å²) in [6.07, 6.45) is 0. The van der Waals surface area contributed by atoms with Crippen LogP contribution in [0.1, 0.15) is 0 Å². The number of para-hydroxylation sites is 2. The van der Waals surface area contributed by atoms with Crippen molar-refractivity contribution in [3.8, 4) is 163 Å². The summed E-state index contributed by atoms with van der Waals surface area (Å²) < 4.78 is 9.27. The second-order valence-electron chi connectivity index (χ2n) is 37.5. The van der Waals surface area contributed by atoms with Gasteiger partial charge in [-0.1, -0.05) is 455 Å². The summed E-state index contributed by atoms with van der Waals surface area (Å²) in [5.41, 5.74) is 34.5. The van der Waals surface area contributed by atoms with Gasteiger partial charge in [0.1, 0.15) is 0 Å². The Labute approximate surface area is 867 Å². The van der Waals surface area contributed by atoms with E-state index in [4.69, 9.17) is 29.9 Å². The van der Waals surface area contributed by atoms with Crippen molar-refractivity contribution in [2.45, 2.75) is 0 Å². The number of benzene rings is 22. The molecule has 7 nitrogen and oxygen atoms in total. The highest BCUT2D eigenvalue weighted by atomic mass is 32.1. The molecule has 0 fully saturated rings. The normalized spacial score (nSPS) is 11.5. The summed E-state index contributed by atoms with van der Waals surface area (Å²) in [6.45, 7) is 0. The second kappa shape index (κ2) is 38.2. The van der Waals surface area contributed by atoms with E-state index in [1.807, 2.05) is 6.07 Å². The summed E-state index contributed by atoms with van der Waals surface area (Å²) in [6, 6.07) is 188. The van der Waals surface area contributed by atoms with Gasteiger partial charge in [-0.3, -0.25) is 0 Å². The van der Waals surface area contributed by atoms with Crippen molar-refractivity contribution in [3.63, 3.8) is 0 Å². The minimum absolute atomic E-state index is 0.715. The van der Waals surface area contributed by atoms with E-state index in [1.165, 1.54) is 146 Å². The van der Waals surface area contributed by atoms with Gasteiger partial charge < -0.3 is 4.57 Å². The van der Waals surface area contributed by atoms with E-state index in [1.54, 1.807) is 34.0 Å². The summed E-state index contributed by atoms with van der Waals surface area (Å²) in [4.78, 5) is 31.9. The Hall–Kier alpha value is -18.7. The fraction of sp³-hybridized carbons (Fsp3) is 0.